The van der Waals surface area contributed by atoms with Crippen LogP contribution in [0.1, 0.15) is 24.8 Å². The zero-order chi connectivity index (χ0) is 27.8. The van der Waals surface area contributed by atoms with E-state index in [1.54, 1.807) is 12.1 Å². The van der Waals surface area contributed by atoms with Crippen LogP contribution in [0.3, 0.4) is 0 Å². The molecule has 0 radical (unpaired) electrons. The molecule has 0 amide bonds. The number of hydrogen-bond donors (Lipinski definition) is 2. The first-order valence-corrected chi connectivity index (χ1v) is 12.9. The lowest BCUT2D eigenvalue weighted by molar-refractivity contribution is -0.384. The first-order chi connectivity index (χ1) is 19.4. The quantitative estimate of drug-likeness (QED) is 0.192. The highest BCUT2D eigenvalue weighted by atomic mass is 19.1. The van der Waals surface area contributed by atoms with E-state index in [1.807, 2.05) is 24.3 Å². The van der Waals surface area contributed by atoms with Gasteiger partial charge in [0.1, 0.15) is 17.6 Å². The number of nitro groups is 1. The third-order valence-corrected chi connectivity index (χ3v) is 7.27. The van der Waals surface area contributed by atoms with Crippen LogP contribution >= 0.6 is 0 Å². The van der Waals surface area contributed by atoms with E-state index in [2.05, 4.69) is 26.2 Å². The summed E-state index contributed by atoms with van der Waals surface area (Å²) in [4.78, 5) is 17.6. The van der Waals surface area contributed by atoms with Crippen molar-refractivity contribution in [3.8, 4) is 45.5 Å². The van der Waals surface area contributed by atoms with Crippen LogP contribution in [-0.2, 0) is 0 Å². The SMILES string of the molecule is N#Cc1c(-c2ccc(O)cc2F)nc2n[nH]c(-c3ccc([N+](=O)[O-])cc3)c2c1-c1ccc(N2CCCCC2)cc1. The minimum Gasteiger partial charge on any atom is -0.508 e. The van der Waals surface area contributed by atoms with Gasteiger partial charge in [-0.25, -0.2) is 9.37 Å². The molecule has 40 heavy (non-hydrogen) atoms. The summed E-state index contributed by atoms with van der Waals surface area (Å²) in [6.07, 6.45) is 3.50. The summed E-state index contributed by atoms with van der Waals surface area (Å²) in [5.41, 5.74) is 3.97. The molecule has 6 rings (SSSR count). The van der Waals surface area contributed by atoms with Crippen LogP contribution in [0.2, 0.25) is 0 Å². The van der Waals surface area contributed by atoms with Crippen LogP contribution in [0.15, 0.2) is 66.7 Å². The predicted molar refractivity (Wildman–Crippen MR) is 149 cm³/mol. The van der Waals surface area contributed by atoms with Gasteiger partial charge < -0.3 is 10.0 Å². The number of hydrogen-bond acceptors (Lipinski definition) is 7. The summed E-state index contributed by atoms with van der Waals surface area (Å²) >= 11 is 0. The first-order valence-electron chi connectivity index (χ1n) is 12.9. The number of non-ortho nitro benzene ring substituents is 1. The van der Waals surface area contributed by atoms with Gasteiger partial charge in [-0.15, -0.1) is 0 Å². The molecule has 0 bridgehead atoms. The van der Waals surface area contributed by atoms with Gasteiger partial charge in [0.05, 0.1) is 27.3 Å². The molecule has 9 nitrogen and oxygen atoms in total. The van der Waals surface area contributed by atoms with Gasteiger partial charge >= 0.3 is 0 Å². The molecule has 5 aromatic rings. The summed E-state index contributed by atoms with van der Waals surface area (Å²) in [6.45, 7) is 1.97. The number of pyridine rings is 1. The number of aromatic hydroxyl groups is 1. The van der Waals surface area contributed by atoms with Crippen molar-refractivity contribution < 1.29 is 14.4 Å². The molecule has 0 unspecified atom stereocenters. The van der Waals surface area contributed by atoms with Gasteiger partial charge in [0.15, 0.2) is 5.65 Å². The van der Waals surface area contributed by atoms with E-state index in [0.717, 1.165) is 43.2 Å². The van der Waals surface area contributed by atoms with Crippen LogP contribution in [0.25, 0.3) is 44.7 Å². The number of H-pyrrole nitrogens is 1. The summed E-state index contributed by atoms with van der Waals surface area (Å²) < 4.78 is 15.0. The molecule has 3 aromatic carbocycles. The number of phenolic OH excluding ortho intramolecular Hbond substituents is 1. The summed E-state index contributed by atoms with van der Waals surface area (Å²) in [5, 5.41) is 39.2. The summed E-state index contributed by atoms with van der Waals surface area (Å²) in [7, 11) is 0. The molecule has 0 aliphatic carbocycles. The Morgan fingerprint density at radius 2 is 1.70 bits per heavy atom. The van der Waals surface area contributed by atoms with Crippen molar-refractivity contribution in [2.24, 2.45) is 0 Å². The largest absolute Gasteiger partial charge is 0.508 e. The average Bonchev–Trinajstić information content (AvgIpc) is 3.40. The van der Waals surface area contributed by atoms with E-state index < -0.39 is 10.7 Å². The van der Waals surface area contributed by atoms with Gasteiger partial charge in [0.2, 0.25) is 0 Å². The Morgan fingerprint density at radius 1 is 1.00 bits per heavy atom. The number of aromatic nitrogens is 3. The second kappa shape index (κ2) is 10.1. The summed E-state index contributed by atoms with van der Waals surface area (Å²) in [5.74, 6) is -0.963. The van der Waals surface area contributed by atoms with Crippen LogP contribution in [-0.4, -0.2) is 38.3 Å². The van der Waals surface area contributed by atoms with Gasteiger partial charge in [0.25, 0.3) is 5.69 Å². The molecule has 0 atom stereocenters. The number of piperidine rings is 1. The fourth-order valence-corrected chi connectivity index (χ4v) is 5.29. The van der Waals surface area contributed by atoms with Crippen LogP contribution < -0.4 is 4.90 Å². The monoisotopic (exact) mass is 534 g/mol. The van der Waals surface area contributed by atoms with Crippen LogP contribution in [0.4, 0.5) is 15.8 Å². The number of halogens is 1. The maximum atomic E-state index is 15.0. The van der Waals surface area contributed by atoms with E-state index in [-0.39, 0.29) is 33.9 Å². The lowest BCUT2D eigenvalue weighted by atomic mass is 9.91. The topological polar surface area (TPSA) is 132 Å². The number of rotatable bonds is 5. The molecular formula is C30H23FN6O3. The second-order valence-electron chi connectivity index (χ2n) is 9.68. The summed E-state index contributed by atoms with van der Waals surface area (Å²) in [6, 6.07) is 19.8. The molecule has 198 valence electrons. The minimum atomic E-state index is -0.721. The first kappa shape index (κ1) is 25.0. The fourth-order valence-electron chi connectivity index (χ4n) is 5.29. The second-order valence-corrected chi connectivity index (χ2v) is 9.68. The van der Waals surface area contributed by atoms with Crippen molar-refractivity contribution in [2.45, 2.75) is 19.3 Å². The zero-order valence-electron chi connectivity index (χ0n) is 21.3. The number of nitriles is 1. The molecule has 3 heterocycles. The number of anilines is 1. The third kappa shape index (κ3) is 4.37. The van der Waals surface area contributed by atoms with E-state index in [0.29, 0.717) is 22.2 Å². The van der Waals surface area contributed by atoms with E-state index in [9.17, 15) is 20.5 Å². The van der Waals surface area contributed by atoms with E-state index >= 15 is 4.39 Å². The number of nitro benzene ring substituents is 1. The number of benzene rings is 3. The molecule has 1 fully saturated rings. The molecular weight excluding hydrogens is 511 g/mol. The number of phenols is 1. The Labute approximate surface area is 228 Å². The average molecular weight is 535 g/mol. The maximum Gasteiger partial charge on any atom is 0.269 e. The Kier molecular flexibility index (Phi) is 6.32. The molecule has 0 spiro atoms. The van der Waals surface area contributed by atoms with Crippen molar-refractivity contribution in [2.75, 3.05) is 18.0 Å². The fraction of sp³-hybridized carbons (Fsp3) is 0.167. The standard InChI is InChI=1S/C30H23FN6O3/c31-25-16-22(38)12-13-23(25)29-24(17-32)26(18-4-8-20(9-5-18)36-14-2-1-3-15-36)27-28(34-35-30(27)33-29)19-6-10-21(11-7-19)37(39)40/h4-13,16,38H,1-3,14-15H2,(H,33,34,35). The van der Waals surface area contributed by atoms with E-state index in [1.165, 1.54) is 30.7 Å². The number of nitrogens with zero attached hydrogens (tertiary/aromatic N) is 5. The molecule has 2 N–H and O–H groups in total. The number of aromatic amines is 1. The van der Waals surface area contributed by atoms with E-state index in [4.69, 9.17) is 0 Å². The molecule has 1 aliphatic rings. The maximum absolute atomic E-state index is 15.0. The Balaban J connectivity index is 1.59. The highest BCUT2D eigenvalue weighted by molar-refractivity contribution is 6.06. The van der Waals surface area contributed by atoms with Gasteiger partial charge in [0, 0.05) is 53.7 Å². The van der Waals surface area contributed by atoms with Crippen molar-refractivity contribution in [1.82, 2.24) is 15.2 Å². The van der Waals surface area contributed by atoms with Crippen molar-refractivity contribution in [3.05, 3.63) is 88.2 Å². The lowest BCUT2D eigenvalue weighted by Crippen LogP contribution is -2.29. The van der Waals surface area contributed by atoms with Gasteiger partial charge in [-0.05, 0) is 61.2 Å². The van der Waals surface area contributed by atoms with Gasteiger partial charge in [-0.2, -0.15) is 10.4 Å². The Hall–Kier alpha value is -5.30. The molecule has 1 aliphatic heterocycles. The predicted octanol–water partition coefficient (Wildman–Crippen LogP) is 6.57. The highest BCUT2D eigenvalue weighted by Gasteiger charge is 2.25. The van der Waals surface area contributed by atoms with Crippen molar-refractivity contribution >= 4 is 22.4 Å². The normalized spacial score (nSPS) is 13.3. The lowest BCUT2D eigenvalue weighted by Gasteiger charge is -2.29. The molecule has 0 saturated carbocycles. The smallest absolute Gasteiger partial charge is 0.269 e. The molecule has 2 aromatic heterocycles. The zero-order valence-corrected chi connectivity index (χ0v) is 21.3. The van der Waals surface area contributed by atoms with Gasteiger partial charge in [-0.1, -0.05) is 12.1 Å². The van der Waals surface area contributed by atoms with Crippen LogP contribution in [0, 0.1) is 27.3 Å². The minimum absolute atomic E-state index is 0.0537. The molecule has 10 heteroatoms. The van der Waals surface area contributed by atoms with Crippen molar-refractivity contribution in [1.29, 1.82) is 5.26 Å². The Morgan fingerprint density at radius 3 is 2.35 bits per heavy atom. The number of fused-ring (bicyclic) bond motifs is 1. The Bertz CT molecular complexity index is 1790. The van der Waals surface area contributed by atoms with Crippen LogP contribution in [0.5, 0.6) is 5.75 Å². The third-order valence-electron chi connectivity index (χ3n) is 7.27. The highest BCUT2D eigenvalue weighted by Crippen LogP contribution is 2.41. The van der Waals surface area contributed by atoms with Crippen molar-refractivity contribution in [3.63, 3.8) is 0 Å². The van der Waals surface area contributed by atoms with Gasteiger partial charge in [-0.3, -0.25) is 15.2 Å². The number of nitrogens with one attached hydrogen (secondary N) is 1. The molecule has 1 saturated heterocycles.